The fourth-order valence-corrected chi connectivity index (χ4v) is 3.51. The maximum absolute atomic E-state index is 11.8. The molecule has 0 bridgehead atoms. The maximum Gasteiger partial charge on any atom is 2.00 e. The normalized spacial score (nSPS) is 11.8. The summed E-state index contributed by atoms with van der Waals surface area (Å²) >= 11 is 0. The average molecular weight is 438 g/mol. The summed E-state index contributed by atoms with van der Waals surface area (Å²) < 4.78 is 0. The molecule has 0 aliphatic heterocycles. The molecule has 0 spiro atoms. The first-order valence-electron chi connectivity index (χ1n) is 11.8. The van der Waals surface area contributed by atoms with Gasteiger partial charge >= 0.3 is 17.1 Å². The van der Waals surface area contributed by atoms with E-state index in [0.717, 1.165) is 18.4 Å². The number of allylic oxidation sites excluding steroid dienone is 6. The van der Waals surface area contributed by atoms with E-state index in [9.17, 15) is 5.11 Å². The summed E-state index contributed by atoms with van der Waals surface area (Å²) in [5.41, 5.74) is 0.889. The van der Waals surface area contributed by atoms with E-state index < -0.39 is 0 Å². The van der Waals surface area contributed by atoms with E-state index >= 15 is 0 Å². The van der Waals surface area contributed by atoms with Crippen LogP contribution in [0.5, 0.6) is 0 Å². The molecule has 1 aromatic carbocycles. The molecule has 164 valence electrons. The van der Waals surface area contributed by atoms with E-state index in [1.807, 2.05) is 54.6 Å². The third-order valence-electron chi connectivity index (χ3n) is 5.30. The minimum atomic E-state index is 0. The van der Waals surface area contributed by atoms with Crippen LogP contribution in [0.2, 0.25) is 0 Å². The number of rotatable bonds is 15. The van der Waals surface area contributed by atoms with Crippen LogP contribution in [0.1, 0.15) is 103 Å². The molecule has 0 fully saturated rings. The molecule has 0 heterocycles. The summed E-state index contributed by atoms with van der Waals surface area (Å²) in [6.07, 6.45) is 27.5. The second kappa shape index (κ2) is 21.6. The van der Waals surface area contributed by atoms with Gasteiger partial charge in [0.05, 0.1) is 0 Å². The first kappa shape index (κ1) is 27.9. The van der Waals surface area contributed by atoms with Crippen LogP contribution < -0.4 is 5.11 Å². The summed E-state index contributed by atoms with van der Waals surface area (Å²) in [6, 6.07) is 10.0. The molecule has 29 heavy (non-hydrogen) atoms. The van der Waals surface area contributed by atoms with Gasteiger partial charge in [0.2, 0.25) is 0 Å². The fraction of sp³-hybridized carbons (Fsp3) is 0.593. The summed E-state index contributed by atoms with van der Waals surface area (Å²) in [5.74, 6) is 0.314. The Balaban J connectivity index is 0.00000113. The van der Waals surface area contributed by atoms with Crippen LogP contribution in [0.3, 0.4) is 0 Å². The monoisotopic (exact) mass is 438 g/mol. The number of unbranched alkanes of at least 4 members (excludes halogenated alkanes) is 13. The van der Waals surface area contributed by atoms with Gasteiger partial charge in [0.1, 0.15) is 0 Å². The quantitative estimate of drug-likeness (QED) is 0.118. The molecule has 1 aromatic rings. The Bertz CT molecular complexity index is 494. The Morgan fingerprint density at radius 1 is 0.690 bits per heavy atom. The van der Waals surface area contributed by atoms with Gasteiger partial charge < -0.3 is 5.11 Å². The van der Waals surface area contributed by atoms with Gasteiger partial charge in [-0.25, -0.2) is 12.1 Å². The molecule has 2 rings (SSSR count). The molecule has 0 N–H and O–H groups in total. The van der Waals surface area contributed by atoms with E-state index in [0.29, 0.717) is 5.76 Å². The molecule has 0 saturated heterocycles. The zero-order valence-electron chi connectivity index (χ0n) is 18.6. The Kier molecular flexibility index (Phi) is 20.8. The number of hydrogen-bond acceptors (Lipinski definition) is 1. The zero-order chi connectivity index (χ0) is 20.1. The minimum Gasteiger partial charge on any atom is -0.875 e. The van der Waals surface area contributed by atoms with Crippen LogP contribution in [0.4, 0.5) is 0 Å². The maximum atomic E-state index is 11.8. The van der Waals surface area contributed by atoms with Crippen molar-refractivity contribution in [2.75, 3.05) is 0 Å². The van der Waals surface area contributed by atoms with Gasteiger partial charge in [0.25, 0.3) is 0 Å². The molecule has 0 atom stereocenters. The van der Waals surface area contributed by atoms with Crippen molar-refractivity contribution < 1.29 is 22.2 Å². The Labute approximate surface area is 191 Å². The van der Waals surface area contributed by atoms with Crippen LogP contribution in [0.25, 0.3) is 0 Å². The topological polar surface area (TPSA) is 23.1 Å². The predicted molar refractivity (Wildman–Crippen MR) is 122 cm³/mol. The van der Waals surface area contributed by atoms with Gasteiger partial charge in [-0.3, -0.25) is 0 Å². The summed E-state index contributed by atoms with van der Waals surface area (Å²) in [6.45, 7) is 2.28. The Hall–Kier alpha value is -1.11. The summed E-state index contributed by atoms with van der Waals surface area (Å²) in [5, 5.41) is 11.8. The van der Waals surface area contributed by atoms with E-state index in [2.05, 4.69) is 6.92 Å². The van der Waals surface area contributed by atoms with Crippen LogP contribution in [0, 0.1) is 0 Å². The van der Waals surface area contributed by atoms with E-state index in [-0.39, 0.29) is 17.1 Å². The number of hydrogen-bond donors (Lipinski definition) is 0. The van der Waals surface area contributed by atoms with Crippen molar-refractivity contribution in [2.45, 2.75) is 103 Å². The van der Waals surface area contributed by atoms with Crippen molar-refractivity contribution in [2.24, 2.45) is 0 Å². The van der Waals surface area contributed by atoms with E-state index in [1.54, 1.807) is 0 Å². The van der Waals surface area contributed by atoms with Crippen LogP contribution in [0.15, 0.2) is 66.0 Å². The summed E-state index contributed by atoms with van der Waals surface area (Å²) in [7, 11) is 0. The second-order valence-corrected chi connectivity index (χ2v) is 7.91. The van der Waals surface area contributed by atoms with Crippen molar-refractivity contribution in [3.8, 4) is 0 Å². The molecule has 2 heteroatoms. The molecule has 1 aliphatic rings. The average Bonchev–Trinajstić information content (AvgIpc) is 3.44. The largest absolute Gasteiger partial charge is 2.00 e. The molecule has 0 amide bonds. The van der Waals surface area contributed by atoms with Crippen LogP contribution in [-0.2, 0) is 17.1 Å². The minimum absolute atomic E-state index is 0. The third-order valence-corrected chi connectivity index (χ3v) is 5.30. The molecule has 1 nitrogen and oxygen atoms in total. The van der Waals surface area contributed by atoms with Crippen molar-refractivity contribution >= 4 is 0 Å². The standard InChI is InChI=1S/C22H38O.C5H5.Fe/c1-2-3-4-5-6-7-8-9-10-11-12-13-14-15-20-22(23)21-18-16-17-19-21;1-2-4-5-3-1;/h16-19,23H,2-15,20H2,1H3;1-5H;/q;-1;+2/p-1. The van der Waals surface area contributed by atoms with Gasteiger partial charge in [0, 0.05) is 0 Å². The predicted octanol–water partition coefficient (Wildman–Crippen LogP) is 8.00. The Morgan fingerprint density at radius 3 is 1.48 bits per heavy atom. The smallest absolute Gasteiger partial charge is 0.875 e. The van der Waals surface area contributed by atoms with Gasteiger partial charge in [-0.2, -0.15) is 18.2 Å². The second-order valence-electron chi connectivity index (χ2n) is 7.91. The first-order chi connectivity index (χ1) is 13.8. The molecular weight excluding hydrogens is 396 g/mol. The Morgan fingerprint density at radius 2 is 1.10 bits per heavy atom. The SMILES string of the molecule is CCCCCCCCCCCCCCCCC([O-])=C1C=CC=C1.[Fe+2].c1cc[cH-]c1. The van der Waals surface area contributed by atoms with Gasteiger partial charge in [0.15, 0.2) is 0 Å². The molecule has 0 saturated carbocycles. The third kappa shape index (κ3) is 17.5. The van der Waals surface area contributed by atoms with Crippen LogP contribution in [-0.4, -0.2) is 0 Å². The van der Waals surface area contributed by atoms with Gasteiger partial charge in [-0.1, -0.05) is 121 Å². The zero-order valence-corrected chi connectivity index (χ0v) is 19.7. The van der Waals surface area contributed by atoms with Crippen LogP contribution >= 0.6 is 0 Å². The van der Waals surface area contributed by atoms with E-state index in [4.69, 9.17) is 0 Å². The van der Waals surface area contributed by atoms with Crippen molar-refractivity contribution in [3.05, 3.63) is 66.0 Å². The van der Waals surface area contributed by atoms with Crippen molar-refractivity contribution in [1.29, 1.82) is 0 Å². The van der Waals surface area contributed by atoms with Gasteiger partial charge in [-0.05, 0) is 12.0 Å². The fourth-order valence-electron chi connectivity index (χ4n) is 3.51. The van der Waals surface area contributed by atoms with E-state index in [1.165, 1.54) is 83.5 Å². The van der Waals surface area contributed by atoms with Crippen molar-refractivity contribution in [3.63, 3.8) is 0 Å². The first-order valence-corrected chi connectivity index (χ1v) is 11.8. The molecule has 0 radical (unpaired) electrons. The molecule has 0 aromatic heterocycles. The molecule has 0 unspecified atom stereocenters. The molecule has 1 aliphatic carbocycles. The van der Waals surface area contributed by atoms with Gasteiger partial charge in [-0.15, -0.1) is 5.76 Å². The summed E-state index contributed by atoms with van der Waals surface area (Å²) in [4.78, 5) is 0. The van der Waals surface area contributed by atoms with Crippen molar-refractivity contribution in [1.82, 2.24) is 0 Å². The molecular formula is C27H42FeO.